The number of rotatable bonds is 6. The Labute approximate surface area is 120 Å². The Morgan fingerprint density at radius 3 is 2.95 bits per heavy atom. The Bertz CT molecular complexity index is 546. The molecule has 2 aromatic rings. The van der Waals surface area contributed by atoms with E-state index in [1.807, 2.05) is 6.07 Å². The van der Waals surface area contributed by atoms with E-state index in [4.69, 9.17) is 4.98 Å². The lowest BCUT2D eigenvalue weighted by Crippen LogP contribution is -2.45. The molecule has 0 unspecified atom stereocenters. The number of aromatic amines is 1. The minimum Gasteiger partial charge on any atom is -0.342 e. The van der Waals surface area contributed by atoms with Crippen molar-refractivity contribution in [1.29, 1.82) is 0 Å². The third-order valence-electron chi connectivity index (χ3n) is 4.00. The van der Waals surface area contributed by atoms with Crippen molar-refractivity contribution in [1.82, 2.24) is 14.9 Å². The summed E-state index contributed by atoms with van der Waals surface area (Å²) in [5.74, 6) is 1.75. The van der Waals surface area contributed by atoms with E-state index in [9.17, 15) is 0 Å². The average Bonchev–Trinajstić information content (AvgIpc) is 2.83. The molecule has 1 saturated heterocycles. The second kappa shape index (κ2) is 6.23. The van der Waals surface area contributed by atoms with Gasteiger partial charge >= 0.3 is 0 Å². The van der Waals surface area contributed by atoms with Crippen molar-refractivity contribution in [3.63, 3.8) is 0 Å². The zero-order chi connectivity index (χ0) is 13.8. The van der Waals surface area contributed by atoms with Crippen molar-refractivity contribution in [3.8, 4) is 0 Å². The van der Waals surface area contributed by atoms with Crippen LogP contribution in [0.4, 0.5) is 0 Å². The van der Waals surface area contributed by atoms with Crippen LogP contribution in [0.2, 0.25) is 0 Å². The number of nitrogens with one attached hydrogen (secondary N) is 1. The lowest BCUT2D eigenvalue weighted by Gasteiger charge is -2.38. The highest BCUT2D eigenvalue weighted by molar-refractivity contribution is 5.74. The third kappa shape index (κ3) is 2.93. The quantitative estimate of drug-likeness (QED) is 0.640. The smallest absolute Gasteiger partial charge is 0.112 e. The molecule has 0 spiro atoms. The van der Waals surface area contributed by atoms with Gasteiger partial charge in [-0.2, -0.15) is 0 Å². The molecular weight excluding hydrogens is 246 g/mol. The first-order valence-electron chi connectivity index (χ1n) is 7.69. The van der Waals surface area contributed by atoms with Crippen molar-refractivity contribution in [2.75, 3.05) is 19.6 Å². The molecule has 1 aliphatic heterocycles. The molecule has 0 radical (unpaired) electrons. The first-order chi connectivity index (χ1) is 9.86. The Balaban J connectivity index is 1.46. The number of hydrogen-bond acceptors (Lipinski definition) is 2. The third-order valence-corrected chi connectivity index (χ3v) is 4.00. The molecule has 3 rings (SSSR count). The van der Waals surface area contributed by atoms with Crippen LogP contribution in [-0.2, 0) is 0 Å². The Morgan fingerprint density at radius 1 is 1.30 bits per heavy atom. The summed E-state index contributed by atoms with van der Waals surface area (Å²) >= 11 is 0. The number of hydrogen-bond donors (Lipinski definition) is 1. The zero-order valence-electron chi connectivity index (χ0n) is 12.2. The van der Waals surface area contributed by atoms with Crippen LogP contribution in [0.1, 0.15) is 37.9 Å². The van der Waals surface area contributed by atoms with Crippen molar-refractivity contribution >= 4 is 11.0 Å². The fourth-order valence-electron chi connectivity index (χ4n) is 2.81. The van der Waals surface area contributed by atoms with Gasteiger partial charge in [-0.15, -0.1) is 0 Å². The molecule has 20 heavy (non-hydrogen) atoms. The molecule has 1 N–H and O–H groups in total. The number of H-pyrrole nitrogens is 1. The molecule has 0 saturated carbocycles. The topological polar surface area (TPSA) is 31.9 Å². The molecule has 0 aliphatic carbocycles. The van der Waals surface area contributed by atoms with Crippen LogP contribution in [-0.4, -0.2) is 34.5 Å². The minimum absolute atomic E-state index is 0.591. The van der Waals surface area contributed by atoms with Crippen molar-refractivity contribution < 1.29 is 0 Å². The summed E-state index contributed by atoms with van der Waals surface area (Å²) in [7, 11) is 0. The summed E-state index contributed by atoms with van der Waals surface area (Å²) in [5.41, 5.74) is 2.25. The van der Waals surface area contributed by atoms with E-state index >= 15 is 0 Å². The molecule has 1 fully saturated rings. The van der Waals surface area contributed by atoms with E-state index < -0.39 is 0 Å². The van der Waals surface area contributed by atoms with Gasteiger partial charge in [0.05, 0.1) is 11.0 Å². The second-order valence-electron chi connectivity index (χ2n) is 5.62. The van der Waals surface area contributed by atoms with Crippen LogP contribution >= 0.6 is 0 Å². The summed E-state index contributed by atoms with van der Waals surface area (Å²) in [4.78, 5) is 10.7. The summed E-state index contributed by atoms with van der Waals surface area (Å²) in [6.45, 7) is 5.70. The largest absolute Gasteiger partial charge is 0.342 e. The second-order valence-corrected chi connectivity index (χ2v) is 5.62. The van der Waals surface area contributed by atoms with Crippen LogP contribution in [0.3, 0.4) is 0 Å². The van der Waals surface area contributed by atoms with E-state index in [2.05, 4.69) is 47.2 Å². The zero-order valence-corrected chi connectivity index (χ0v) is 12.2. The molecule has 0 atom stereocenters. The molecule has 0 amide bonds. The lowest BCUT2D eigenvalue weighted by molar-refractivity contribution is 0.142. The number of imidazole rings is 1. The number of likely N-dealkylation sites (tertiary alicyclic amines) is 1. The highest BCUT2D eigenvalue weighted by Gasteiger charge is 2.29. The molecular formula is C17H23N3. The Kier molecular flexibility index (Phi) is 4.16. The minimum atomic E-state index is 0.591. The van der Waals surface area contributed by atoms with Crippen LogP contribution in [0.5, 0.6) is 0 Å². The maximum Gasteiger partial charge on any atom is 0.112 e. The fraction of sp³-hybridized carbons (Fsp3) is 0.471. The first kappa shape index (κ1) is 13.4. The van der Waals surface area contributed by atoms with Gasteiger partial charge in [-0.1, -0.05) is 31.2 Å². The Morgan fingerprint density at radius 2 is 2.15 bits per heavy atom. The van der Waals surface area contributed by atoms with Crippen LogP contribution in [0.15, 0.2) is 36.4 Å². The number of aromatic nitrogens is 2. The number of fused-ring (bicyclic) bond motifs is 1. The summed E-state index contributed by atoms with van der Waals surface area (Å²) in [6.07, 6.45) is 8.19. The molecule has 106 valence electrons. The molecule has 1 aliphatic rings. The SMILES string of the molecule is CC/C=C\CCCN1CC(c2nc3ccccc3[nH]2)C1. The summed E-state index contributed by atoms with van der Waals surface area (Å²) in [5, 5.41) is 0. The standard InChI is InChI=1S/C17H23N3/c1-2-3-4-5-8-11-20-12-14(13-20)17-18-15-9-6-7-10-16(15)19-17/h3-4,6-7,9-10,14H,2,5,8,11-13H2,1H3,(H,18,19)/b4-3-. The number of unbranched alkanes of at least 4 members (excludes halogenated alkanes) is 1. The highest BCUT2D eigenvalue weighted by Crippen LogP contribution is 2.26. The lowest BCUT2D eigenvalue weighted by atomic mass is 9.99. The van der Waals surface area contributed by atoms with Gasteiger partial charge in [0.1, 0.15) is 5.82 Å². The van der Waals surface area contributed by atoms with Crippen LogP contribution < -0.4 is 0 Å². The Hall–Kier alpha value is -1.61. The fourth-order valence-corrected chi connectivity index (χ4v) is 2.81. The molecule has 1 aromatic heterocycles. The van der Waals surface area contributed by atoms with Gasteiger partial charge in [-0.25, -0.2) is 4.98 Å². The summed E-state index contributed by atoms with van der Waals surface area (Å²) < 4.78 is 0. The maximum atomic E-state index is 4.70. The van der Waals surface area contributed by atoms with Gasteiger partial charge in [0.25, 0.3) is 0 Å². The molecule has 2 heterocycles. The number of allylic oxidation sites excluding steroid dienone is 2. The van der Waals surface area contributed by atoms with Gasteiger partial charge < -0.3 is 9.88 Å². The van der Waals surface area contributed by atoms with E-state index in [1.54, 1.807) is 0 Å². The average molecular weight is 269 g/mol. The van der Waals surface area contributed by atoms with Gasteiger partial charge in [0.15, 0.2) is 0 Å². The van der Waals surface area contributed by atoms with Crippen molar-refractivity contribution in [2.45, 2.75) is 32.1 Å². The number of nitrogens with zero attached hydrogens (tertiary/aromatic N) is 2. The van der Waals surface area contributed by atoms with E-state index in [1.165, 1.54) is 19.4 Å². The van der Waals surface area contributed by atoms with Crippen LogP contribution in [0.25, 0.3) is 11.0 Å². The van der Waals surface area contributed by atoms with E-state index in [-0.39, 0.29) is 0 Å². The van der Waals surface area contributed by atoms with Gasteiger partial charge in [-0.05, 0) is 37.9 Å². The van der Waals surface area contributed by atoms with Crippen molar-refractivity contribution in [2.24, 2.45) is 0 Å². The van der Waals surface area contributed by atoms with Gasteiger partial charge in [-0.3, -0.25) is 0 Å². The highest BCUT2D eigenvalue weighted by atomic mass is 15.2. The predicted molar refractivity (Wildman–Crippen MR) is 83.9 cm³/mol. The van der Waals surface area contributed by atoms with Gasteiger partial charge in [0.2, 0.25) is 0 Å². The monoisotopic (exact) mass is 269 g/mol. The van der Waals surface area contributed by atoms with Crippen LogP contribution in [0, 0.1) is 0 Å². The molecule has 1 aromatic carbocycles. The molecule has 0 bridgehead atoms. The number of benzene rings is 1. The molecule has 3 heteroatoms. The maximum absolute atomic E-state index is 4.70. The normalized spacial score (nSPS) is 17.1. The van der Waals surface area contributed by atoms with Crippen molar-refractivity contribution in [3.05, 3.63) is 42.2 Å². The van der Waals surface area contributed by atoms with E-state index in [0.29, 0.717) is 5.92 Å². The first-order valence-corrected chi connectivity index (χ1v) is 7.69. The summed E-state index contributed by atoms with van der Waals surface area (Å²) in [6, 6.07) is 8.28. The van der Waals surface area contributed by atoms with Gasteiger partial charge in [0, 0.05) is 19.0 Å². The number of para-hydroxylation sites is 2. The molecule has 3 nitrogen and oxygen atoms in total. The van der Waals surface area contributed by atoms with E-state index in [0.717, 1.165) is 36.4 Å². The predicted octanol–water partition coefficient (Wildman–Crippen LogP) is 3.71.